The van der Waals surface area contributed by atoms with Crippen molar-refractivity contribution in [3.05, 3.63) is 11.6 Å². The summed E-state index contributed by atoms with van der Waals surface area (Å²) in [6.07, 6.45) is 2.73. The molecule has 0 saturated heterocycles. The van der Waals surface area contributed by atoms with Gasteiger partial charge >= 0.3 is 0 Å². The van der Waals surface area contributed by atoms with Crippen molar-refractivity contribution in [3.63, 3.8) is 0 Å². The molecule has 2 N–H and O–H groups in total. The quantitative estimate of drug-likeness (QED) is 0.659. The van der Waals surface area contributed by atoms with Crippen LogP contribution in [-0.4, -0.2) is 23.7 Å². The number of allylic oxidation sites excluding steroid dienone is 1. The van der Waals surface area contributed by atoms with E-state index in [1.54, 1.807) is 6.92 Å². The Morgan fingerprint density at radius 3 is 2.43 bits per heavy atom. The van der Waals surface area contributed by atoms with Crippen LogP contribution < -0.4 is 5.32 Å². The fourth-order valence-electron chi connectivity index (χ4n) is 1.10. The Morgan fingerprint density at radius 1 is 1.50 bits per heavy atom. The van der Waals surface area contributed by atoms with Crippen molar-refractivity contribution in [2.24, 2.45) is 5.92 Å². The van der Waals surface area contributed by atoms with E-state index in [-0.39, 0.29) is 24.5 Å². The molecule has 82 valence electrons. The van der Waals surface area contributed by atoms with Gasteiger partial charge in [0.05, 0.1) is 12.6 Å². The van der Waals surface area contributed by atoms with Crippen LogP contribution in [0.1, 0.15) is 34.1 Å². The van der Waals surface area contributed by atoms with Gasteiger partial charge in [0.1, 0.15) is 0 Å². The van der Waals surface area contributed by atoms with Crippen LogP contribution in [0.25, 0.3) is 0 Å². The summed E-state index contributed by atoms with van der Waals surface area (Å²) in [4.78, 5) is 11.5. The predicted octanol–water partition coefficient (Wildman–Crippen LogP) is 1.48. The third-order valence-corrected chi connectivity index (χ3v) is 2.19. The smallest absolute Gasteiger partial charge is 0.246 e. The van der Waals surface area contributed by atoms with E-state index in [1.165, 1.54) is 0 Å². The Hall–Kier alpha value is -0.830. The molecule has 0 aromatic rings. The number of amides is 1. The predicted molar refractivity (Wildman–Crippen MR) is 57.9 cm³/mol. The molecule has 0 spiro atoms. The molecule has 0 rings (SSSR count). The van der Waals surface area contributed by atoms with Crippen LogP contribution in [0.15, 0.2) is 11.6 Å². The van der Waals surface area contributed by atoms with Crippen LogP contribution in [0.4, 0.5) is 0 Å². The first kappa shape index (κ1) is 13.2. The number of nitrogens with one attached hydrogen (secondary N) is 1. The zero-order valence-corrected chi connectivity index (χ0v) is 9.50. The first-order chi connectivity index (χ1) is 6.52. The lowest BCUT2D eigenvalue weighted by atomic mass is 10.0. The van der Waals surface area contributed by atoms with Crippen LogP contribution in [0.2, 0.25) is 0 Å². The second kappa shape index (κ2) is 6.60. The molecule has 0 fully saturated rings. The number of carbonyl (C=O) groups excluding carboxylic acids is 1. The maximum absolute atomic E-state index is 11.5. The van der Waals surface area contributed by atoms with Crippen LogP contribution in [0.5, 0.6) is 0 Å². The lowest BCUT2D eigenvalue weighted by Gasteiger charge is -2.19. The van der Waals surface area contributed by atoms with Crippen molar-refractivity contribution < 1.29 is 9.90 Å². The number of hydrogen-bond acceptors (Lipinski definition) is 2. The molecule has 0 aliphatic carbocycles. The summed E-state index contributed by atoms with van der Waals surface area (Å²) in [5.74, 6) is 0.165. The van der Waals surface area contributed by atoms with E-state index in [1.807, 2.05) is 26.8 Å². The van der Waals surface area contributed by atoms with Crippen molar-refractivity contribution in [3.8, 4) is 0 Å². The summed E-state index contributed by atoms with van der Waals surface area (Å²) in [7, 11) is 0. The lowest BCUT2D eigenvalue weighted by Crippen LogP contribution is -2.41. The van der Waals surface area contributed by atoms with Gasteiger partial charge in [0.2, 0.25) is 5.91 Å². The molecule has 0 aliphatic heterocycles. The van der Waals surface area contributed by atoms with Gasteiger partial charge in [-0.3, -0.25) is 4.79 Å². The number of rotatable bonds is 5. The Labute approximate surface area is 86.2 Å². The summed E-state index contributed by atoms with van der Waals surface area (Å²) in [6, 6.07) is -0.150. The molecular formula is C11H21NO2. The molecule has 14 heavy (non-hydrogen) atoms. The van der Waals surface area contributed by atoms with E-state index in [9.17, 15) is 4.79 Å². The highest BCUT2D eigenvalue weighted by atomic mass is 16.3. The summed E-state index contributed by atoms with van der Waals surface area (Å²) in [6.45, 7) is 7.71. The molecule has 0 heterocycles. The number of aliphatic hydroxyl groups is 1. The molecule has 1 atom stereocenters. The van der Waals surface area contributed by atoms with E-state index in [0.717, 1.165) is 6.42 Å². The maximum atomic E-state index is 11.5. The highest BCUT2D eigenvalue weighted by molar-refractivity contribution is 5.92. The fraction of sp³-hybridized carbons (Fsp3) is 0.727. The van der Waals surface area contributed by atoms with Crippen LogP contribution >= 0.6 is 0 Å². The minimum Gasteiger partial charge on any atom is -0.394 e. The minimum atomic E-state index is -0.150. The highest BCUT2D eigenvalue weighted by Gasteiger charge is 2.15. The third kappa shape index (κ3) is 4.42. The summed E-state index contributed by atoms with van der Waals surface area (Å²) >= 11 is 0. The third-order valence-electron chi connectivity index (χ3n) is 2.19. The standard InChI is InChI=1S/C11H21NO2/c1-5-6-9(4)11(14)12-10(7-13)8(2)3/h6,8,10,13H,5,7H2,1-4H3,(H,12,14). The van der Waals surface area contributed by atoms with E-state index < -0.39 is 0 Å². The second-order valence-corrected chi connectivity index (χ2v) is 3.80. The Balaban J connectivity index is 4.22. The first-order valence-corrected chi connectivity index (χ1v) is 5.11. The average molecular weight is 199 g/mol. The maximum Gasteiger partial charge on any atom is 0.246 e. The van der Waals surface area contributed by atoms with E-state index in [2.05, 4.69) is 5.32 Å². The monoisotopic (exact) mass is 199 g/mol. The van der Waals surface area contributed by atoms with Gasteiger partial charge in [-0.05, 0) is 19.3 Å². The van der Waals surface area contributed by atoms with Gasteiger partial charge < -0.3 is 10.4 Å². The van der Waals surface area contributed by atoms with Crippen molar-refractivity contribution in [2.45, 2.75) is 40.2 Å². The lowest BCUT2D eigenvalue weighted by molar-refractivity contribution is -0.118. The fourth-order valence-corrected chi connectivity index (χ4v) is 1.10. The molecule has 0 bridgehead atoms. The molecule has 0 aliphatic rings. The number of aliphatic hydroxyl groups excluding tert-OH is 1. The average Bonchev–Trinajstić information content (AvgIpc) is 2.13. The molecule has 0 aromatic heterocycles. The van der Waals surface area contributed by atoms with Gasteiger partial charge in [-0.15, -0.1) is 0 Å². The van der Waals surface area contributed by atoms with Crippen LogP contribution in [0.3, 0.4) is 0 Å². The minimum absolute atomic E-state index is 0.0111. The Morgan fingerprint density at radius 2 is 2.07 bits per heavy atom. The van der Waals surface area contributed by atoms with Gasteiger partial charge in [-0.1, -0.05) is 26.8 Å². The van der Waals surface area contributed by atoms with Gasteiger partial charge in [0.15, 0.2) is 0 Å². The number of carbonyl (C=O) groups is 1. The summed E-state index contributed by atoms with van der Waals surface area (Å²) < 4.78 is 0. The largest absolute Gasteiger partial charge is 0.394 e. The molecule has 3 nitrogen and oxygen atoms in total. The summed E-state index contributed by atoms with van der Waals surface area (Å²) in [5, 5.41) is 11.8. The van der Waals surface area contributed by atoms with Crippen molar-refractivity contribution >= 4 is 5.91 Å². The van der Waals surface area contributed by atoms with E-state index in [0.29, 0.717) is 5.57 Å². The highest BCUT2D eigenvalue weighted by Crippen LogP contribution is 2.02. The van der Waals surface area contributed by atoms with E-state index in [4.69, 9.17) is 5.11 Å². The second-order valence-electron chi connectivity index (χ2n) is 3.80. The van der Waals surface area contributed by atoms with Gasteiger partial charge in [0.25, 0.3) is 0 Å². The first-order valence-electron chi connectivity index (χ1n) is 5.11. The Bertz CT molecular complexity index is 209. The van der Waals surface area contributed by atoms with Crippen molar-refractivity contribution in [2.75, 3.05) is 6.61 Å². The molecular weight excluding hydrogens is 178 g/mol. The molecule has 0 saturated carbocycles. The van der Waals surface area contributed by atoms with Gasteiger partial charge in [-0.25, -0.2) is 0 Å². The topological polar surface area (TPSA) is 49.3 Å². The molecule has 0 aromatic carbocycles. The Kier molecular flexibility index (Phi) is 6.21. The molecule has 1 amide bonds. The van der Waals surface area contributed by atoms with E-state index >= 15 is 0 Å². The normalized spacial score (nSPS) is 14.3. The molecule has 0 radical (unpaired) electrons. The van der Waals surface area contributed by atoms with Gasteiger partial charge in [-0.2, -0.15) is 0 Å². The molecule has 3 heteroatoms. The van der Waals surface area contributed by atoms with Crippen LogP contribution in [-0.2, 0) is 4.79 Å². The SMILES string of the molecule is CCC=C(C)C(=O)NC(CO)C(C)C. The summed E-state index contributed by atoms with van der Waals surface area (Å²) in [5.41, 5.74) is 0.714. The van der Waals surface area contributed by atoms with Crippen LogP contribution in [0, 0.1) is 5.92 Å². The molecule has 1 unspecified atom stereocenters. The van der Waals surface area contributed by atoms with Gasteiger partial charge in [0, 0.05) is 5.57 Å². The zero-order valence-electron chi connectivity index (χ0n) is 9.50. The number of hydrogen-bond donors (Lipinski definition) is 2. The van der Waals surface area contributed by atoms with Crippen molar-refractivity contribution in [1.29, 1.82) is 0 Å². The zero-order chi connectivity index (χ0) is 11.1. The van der Waals surface area contributed by atoms with Crippen molar-refractivity contribution in [1.82, 2.24) is 5.32 Å².